The number of carbonyl (C=O) groups excluding carboxylic acids is 1. The van der Waals surface area contributed by atoms with Crippen LogP contribution >= 0.6 is 0 Å². The number of carbonyl (C=O) groups is 1. The summed E-state index contributed by atoms with van der Waals surface area (Å²) in [7, 11) is 0. The fourth-order valence-electron chi connectivity index (χ4n) is 2.51. The first kappa shape index (κ1) is 12.7. The molecule has 1 amide bonds. The van der Waals surface area contributed by atoms with Crippen LogP contribution in [0.3, 0.4) is 0 Å². The molecule has 0 N–H and O–H groups in total. The van der Waals surface area contributed by atoms with Gasteiger partial charge in [0.1, 0.15) is 11.7 Å². The van der Waals surface area contributed by atoms with E-state index in [1.54, 1.807) is 18.6 Å². The van der Waals surface area contributed by atoms with Crippen molar-refractivity contribution in [2.24, 2.45) is 0 Å². The highest BCUT2D eigenvalue weighted by molar-refractivity contribution is 5.81. The Balaban J connectivity index is 2.03. The summed E-state index contributed by atoms with van der Waals surface area (Å²) >= 11 is 0. The van der Waals surface area contributed by atoms with Gasteiger partial charge in [-0.25, -0.2) is 4.98 Å². The van der Waals surface area contributed by atoms with Gasteiger partial charge in [-0.15, -0.1) is 10.2 Å². The van der Waals surface area contributed by atoms with E-state index in [2.05, 4.69) is 27.1 Å². The maximum Gasteiger partial charge on any atom is 0.245 e. The van der Waals surface area contributed by atoms with Crippen molar-refractivity contribution in [2.45, 2.75) is 32.9 Å². The second kappa shape index (κ2) is 4.99. The maximum absolute atomic E-state index is 12.4. The van der Waals surface area contributed by atoms with Gasteiger partial charge < -0.3 is 4.90 Å². The Morgan fingerprint density at radius 3 is 2.90 bits per heavy atom. The molecule has 0 saturated heterocycles. The molecule has 7 heteroatoms. The van der Waals surface area contributed by atoms with Crippen LogP contribution in [-0.2, 0) is 11.3 Å². The molecular formula is C13H16N6O. The van der Waals surface area contributed by atoms with Crippen LogP contribution in [-0.4, -0.2) is 42.1 Å². The second-order valence-corrected chi connectivity index (χ2v) is 4.84. The van der Waals surface area contributed by atoms with Crippen molar-refractivity contribution in [3.05, 3.63) is 24.4 Å². The van der Waals surface area contributed by atoms with Crippen LogP contribution in [0.15, 0.2) is 18.6 Å². The van der Waals surface area contributed by atoms with Crippen molar-refractivity contribution >= 4 is 5.91 Å². The van der Waals surface area contributed by atoms with Gasteiger partial charge in [0.2, 0.25) is 5.91 Å². The first-order valence-corrected chi connectivity index (χ1v) is 6.71. The van der Waals surface area contributed by atoms with Crippen LogP contribution in [0.5, 0.6) is 0 Å². The summed E-state index contributed by atoms with van der Waals surface area (Å²) in [5.74, 6) is 1.50. The number of rotatable bonds is 3. The predicted octanol–water partition coefficient (Wildman–Crippen LogP) is 1.05. The van der Waals surface area contributed by atoms with Gasteiger partial charge in [-0.3, -0.25) is 14.3 Å². The average Bonchev–Trinajstić information content (AvgIpc) is 2.89. The van der Waals surface area contributed by atoms with E-state index in [4.69, 9.17) is 0 Å². The van der Waals surface area contributed by atoms with Gasteiger partial charge >= 0.3 is 0 Å². The minimum Gasteiger partial charge on any atom is -0.333 e. The molecule has 0 radical (unpaired) electrons. The molecule has 0 bridgehead atoms. The maximum atomic E-state index is 12.4. The molecule has 1 aliphatic heterocycles. The minimum atomic E-state index is -0.308. The lowest BCUT2D eigenvalue weighted by molar-refractivity contribution is -0.136. The normalized spacial score (nSPS) is 18.2. The fraction of sp³-hybridized carbons (Fsp3) is 0.462. The molecule has 0 aromatic carbocycles. The molecule has 2 aromatic rings. The van der Waals surface area contributed by atoms with Crippen molar-refractivity contribution in [3.8, 4) is 11.5 Å². The van der Waals surface area contributed by atoms with Crippen molar-refractivity contribution in [1.29, 1.82) is 0 Å². The summed E-state index contributed by atoms with van der Waals surface area (Å²) in [5, 5.41) is 8.38. The Labute approximate surface area is 116 Å². The van der Waals surface area contributed by atoms with Gasteiger partial charge in [0.05, 0.1) is 12.7 Å². The summed E-state index contributed by atoms with van der Waals surface area (Å²) in [6.45, 7) is 5.18. The average molecular weight is 272 g/mol. The molecule has 0 spiro atoms. The van der Waals surface area contributed by atoms with Gasteiger partial charge in [-0.2, -0.15) is 0 Å². The Morgan fingerprint density at radius 1 is 1.35 bits per heavy atom. The highest BCUT2D eigenvalue weighted by atomic mass is 16.2. The lowest BCUT2D eigenvalue weighted by Crippen LogP contribution is -2.42. The van der Waals surface area contributed by atoms with E-state index in [1.807, 2.05) is 16.4 Å². The number of amides is 1. The van der Waals surface area contributed by atoms with Crippen LogP contribution in [0.25, 0.3) is 11.5 Å². The first-order chi connectivity index (χ1) is 9.72. The van der Waals surface area contributed by atoms with Gasteiger partial charge in [0.15, 0.2) is 11.6 Å². The Morgan fingerprint density at radius 2 is 2.20 bits per heavy atom. The molecule has 1 aliphatic rings. The topological polar surface area (TPSA) is 76.8 Å². The zero-order valence-electron chi connectivity index (χ0n) is 11.5. The zero-order chi connectivity index (χ0) is 14.1. The molecule has 3 rings (SSSR count). The van der Waals surface area contributed by atoms with Crippen molar-refractivity contribution < 1.29 is 4.79 Å². The van der Waals surface area contributed by atoms with Gasteiger partial charge in [0.25, 0.3) is 0 Å². The first-order valence-electron chi connectivity index (χ1n) is 6.71. The van der Waals surface area contributed by atoms with Crippen LogP contribution in [0.2, 0.25) is 0 Å². The van der Waals surface area contributed by atoms with E-state index < -0.39 is 0 Å². The summed E-state index contributed by atoms with van der Waals surface area (Å²) in [6.07, 6.45) is 5.78. The van der Waals surface area contributed by atoms with Crippen molar-refractivity contribution in [2.75, 3.05) is 6.54 Å². The molecule has 0 unspecified atom stereocenters. The van der Waals surface area contributed by atoms with Crippen LogP contribution < -0.4 is 0 Å². The van der Waals surface area contributed by atoms with Crippen molar-refractivity contribution in [3.63, 3.8) is 0 Å². The minimum absolute atomic E-state index is 0.101. The van der Waals surface area contributed by atoms with Crippen molar-refractivity contribution in [1.82, 2.24) is 29.6 Å². The largest absolute Gasteiger partial charge is 0.333 e. The van der Waals surface area contributed by atoms with E-state index in [0.29, 0.717) is 18.1 Å². The molecule has 3 heterocycles. The number of nitrogens with zero attached hydrogens (tertiary/aromatic N) is 6. The Hall–Kier alpha value is -2.31. The van der Waals surface area contributed by atoms with Crippen LogP contribution in [0, 0.1) is 0 Å². The summed E-state index contributed by atoms with van der Waals surface area (Å²) < 4.78 is 1.86. The van der Waals surface area contributed by atoms with E-state index in [-0.39, 0.29) is 11.9 Å². The van der Waals surface area contributed by atoms with Gasteiger partial charge in [0, 0.05) is 18.9 Å². The Kier molecular flexibility index (Phi) is 3.17. The molecule has 7 nitrogen and oxygen atoms in total. The highest BCUT2D eigenvalue weighted by Gasteiger charge is 2.33. The monoisotopic (exact) mass is 272 g/mol. The second-order valence-electron chi connectivity index (χ2n) is 4.84. The standard InChI is InChI=1S/C13H16N6O/c1-3-6-18-8-11-16-17-12(10-7-14-4-5-15-10)19(11)9(2)13(18)20/h4-5,7,9H,3,6,8H2,1-2H3/t9-/m1/s1. The number of hydrogen-bond donors (Lipinski definition) is 0. The van der Waals surface area contributed by atoms with Gasteiger partial charge in [-0.1, -0.05) is 6.92 Å². The van der Waals surface area contributed by atoms with E-state index in [0.717, 1.165) is 18.8 Å². The molecular weight excluding hydrogens is 256 g/mol. The lowest BCUT2D eigenvalue weighted by Gasteiger charge is -2.31. The molecule has 20 heavy (non-hydrogen) atoms. The van der Waals surface area contributed by atoms with E-state index >= 15 is 0 Å². The third-order valence-electron chi connectivity index (χ3n) is 3.44. The molecule has 1 atom stereocenters. The summed E-state index contributed by atoms with van der Waals surface area (Å²) in [6, 6.07) is -0.308. The molecule has 104 valence electrons. The third-order valence-corrected chi connectivity index (χ3v) is 3.44. The number of fused-ring (bicyclic) bond motifs is 1. The van der Waals surface area contributed by atoms with Crippen LogP contribution in [0.1, 0.15) is 32.1 Å². The SMILES string of the molecule is CCCN1Cc2nnc(-c3cnccn3)n2[C@H](C)C1=O. The molecule has 2 aromatic heterocycles. The highest BCUT2D eigenvalue weighted by Crippen LogP contribution is 2.26. The van der Waals surface area contributed by atoms with E-state index in [9.17, 15) is 4.79 Å². The lowest BCUT2D eigenvalue weighted by atomic mass is 10.2. The Bertz CT molecular complexity index is 623. The summed E-state index contributed by atoms with van der Waals surface area (Å²) in [5.41, 5.74) is 0.634. The summed E-state index contributed by atoms with van der Waals surface area (Å²) in [4.78, 5) is 22.5. The number of aromatic nitrogens is 5. The molecule has 0 aliphatic carbocycles. The zero-order valence-corrected chi connectivity index (χ0v) is 11.5. The fourth-order valence-corrected chi connectivity index (χ4v) is 2.51. The molecule has 0 saturated carbocycles. The van der Waals surface area contributed by atoms with Crippen LogP contribution in [0.4, 0.5) is 0 Å². The molecule has 0 fully saturated rings. The number of hydrogen-bond acceptors (Lipinski definition) is 5. The van der Waals surface area contributed by atoms with Gasteiger partial charge in [-0.05, 0) is 13.3 Å². The smallest absolute Gasteiger partial charge is 0.245 e. The quantitative estimate of drug-likeness (QED) is 0.834. The predicted molar refractivity (Wildman–Crippen MR) is 71.5 cm³/mol. The van der Waals surface area contributed by atoms with E-state index in [1.165, 1.54) is 0 Å². The third kappa shape index (κ3) is 1.95.